The molecular formula is C54H64N4O12S3. The Morgan fingerprint density at radius 2 is 1.84 bits per heavy atom. The topological polar surface area (TPSA) is 189 Å². The van der Waals surface area contributed by atoms with Crippen LogP contribution in [0.3, 0.4) is 0 Å². The van der Waals surface area contributed by atoms with E-state index in [1.54, 1.807) is 37.1 Å². The number of hydrogen-bond acceptors (Lipinski definition) is 15. The van der Waals surface area contributed by atoms with Gasteiger partial charge in [-0.3, -0.25) is 15.1 Å². The van der Waals surface area contributed by atoms with Gasteiger partial charge in [0.15, 0.2) is 18.4 Å². The molecule has 19 heteroatoms. The predicted molar refractivity (Wildman–Crippen MR) is 282 cm³/mol. The van der Waals surface area contributed by atoms with Gasteiger partial charge in [0.1, 0.15) is 30.6 Å². The molecule has 2 amide bonds. The lowest BCUT2D eigenvalue weighted by molar-refractivity contribution is -0.338. The summed E-state index contributed by atoms with van der Waals surface area (Å²) in [6.07, 6.45) is 0.514. The highest BCUT2D eigenvalue weighted by Gasteiger charge is 2.60. The van der Waals surface area contributed by atoms with Crippen LogP contribution in [0.1, 0.15) is 83.8 Å². The van der Waals surface area contributed by atoms with E-state index in [1.807, 2.05) is 71.9 Å². The second-order valence-electron chi connectivity index (χ2n) is 19.3. The van der Waals surface area contributed by atoms with Crippen LogP contribution in [0.5, 0.6) is 0 Å². The fraction of sp³-hybridized carbons (Fsp3) is 0.519. The first-order valence-electron chi connectivity index (χ1n) is 24.3. The molecule has 390 valence electrons. The molecule has 8 rings (SSSR count). The summed E-state index contributed by atoms with van der Waals surface area (Å²) in [5.74, 6) is 10.7. The summed E-state index contributed by atoms with van der Waals surface area (Å²) in [7, 11) is 2.18. The molecule has 73 heavy (non-hydrogen) atoms. The summed E-state index contributed by atoms with van der Waals surface area (Å²) < 4.78 is 50.6. The number of Topliss-reactive ketones (excluding diaryl/α,β-unsaturated/α-hetero) is 1. The predicted octanol–water partition coefficient (Wildman–Crippen LogP) is 7.54. The number of pyridine rings is 1. The van der Waals surface area contributed by atoms with E-state index >= 15 is 4.79 Å². The average molecular weight is 1060 g/mol. The Hall–Kier alpha value is -5.16. The third kappa shape index (κ3) is 11.1. The summed E-state index contributed by atoms with van der Waals surface area (Å²) in [5, 5.41) is 17.7. The average Bonchev–Trinajstić information content (AvgIpc) is 3.98. The molecule has 16 nitrogen and oxygen atoms in total. The molecule has 1 spiro atoms. The number of aliphatic hydroxyl groups is 1. The molecule has 3 fully saturated rings. The number of alkyl carbamates (subject to hydrolysis) is 1. The van der Waals surface area contributed by atoms with Crippen LogP contribution in [0.4, 0.5) is 9.59 Å². The number of fused-ring (bicyclic) bond motifs is 5. The van der Waals surface area contributed by atoms with Crippen LogP contribution in [-0.4, -0.2) is 126 Å². The number of carbonyl (C=O) groups excluding carboxylic acids is 3. The SMILES string of the molecule is C=CCOC(=O)N(C(C)C)C1COC(OC2C(O[C@H]3C#C/C=C\C#C[C@]4(C)CC5(OCCO5)C(NC(=O)OC)=C3/C4=C\CC)OC(C)C(C)(C(=O)c3nccc4c3[nH]c3ccc(C)cc34)C2O)CC1C.S=S=S. The normalized spacial score (nSPS) is 30.3. The van der Waals surface area contributed by atoms with E-state index in [0.717, 1.165) is 30.7 Å². The van der Waals surface area contributed by atoms with Gasteiger partial charge in [0.05, 0.1) is 61.1 Å². The number of methoxy groups -OCH3 is 1. The first-order chi connectivity index (χ1) is 34.9. The van der Waals surface area contributed by atoms with Crippen molar-refractivity contribution in [3.05, 3.63) is 89.4 Å². The van der Waals surface area contributed by atoms with Gasteiger partial charge >= 0.3 is 12.2 Å². The third-order valence-corrected chi connectivity index (χ3v) is 14.2. The van der Waals surface area contributed by atoms with Crippen molar-refractivity contribution in [2.75, 3.05) is 33.5 Å². The molecule has 3 saturated heterocycles. The molecule has 3 aromatic rings. The standard InChI is InChI=1S/C54H64N4O12.S3/c1-11-17-37-42-40(18-15-13-14-16-22-52(37,8)30-54(66-25-26-67-54)46(42)57-50(61)63-10)69-49-45(70-41-28-33(6)39(29-65-41)58(31(3)4)51(62)64-24-12-2)48(60)53(9,34(7)68-49)47(59)44-43-35(21-23-55-44)36-27-32(5)19-20-38(36)56-43;1-3-2/h12-14,17,19-21,23,27,31,33-34,39-41,45,48-49,56,60H,2,11,24-26,28-30H2,1,3-10H3,(H,57,61);/b14-13-,37-17+;/t33?,34?,39?,40-,41?,45?,48?,49?,52+,53?;/m0./s1. The molecule has 10 atom stereocenters. The quantitative estimate of drug-likeness (QED) is 0.0916. The highest BCUT2D eigenvalue weighted by molar-refractivity contribution is 8.37. The van der Waals surface area contributed by atoms with Crippen molar-refractivity contribution in [3.8, 4) is 23.7 Å². The van der Waals surface area contributed by atoms with Crippen LogP contribution in [0.15, 0.2) is 78.2 Å². The van der Waals surface area contributed by atoms with Gasteiger partial charge in [0.25, 0.3) is 0 Å². The van der Waals surface area contributed by atoms with E-state index in [-0.39, 0.29) is 68.7 Å². The van der Waals surface area contributed by atoms with Gasteiger partial charge in [-0.05, 0) is 89.8 Å². The molecule has 0 radical (unpaired) electrons. The molecule has 0 saturated carbocycles. The van der Waals surface area contributed by atoms with Gasteiger partial charge < -0.3 is 52.9 Å². The van der Waals surface area contributed by atoms with Crippen molar-refractivity contribution in [3.63, 3.8) is 0 Å². The van der Waals surface area contributed by atoms with Gasteiger partial charge in [0, 0.05) is 78.2 Å². The molecule has 8 unspecified atom stereocenters. The lowest BCUT2D eigenvalue weighted by Crippen LogP contribution is -2.65. The minimum atomic E-state index is -1.69. The molecule has 5 heterocycles. The number of carbonyl (C=O) groups is 3. The maximum atomic E-state index is 15.3. The number of aromatic amines is 1. The van der Waals surface area contributed by atoms with Crippen LogP contribution in [0.2, 0.25) is 0 Å². The summed E-state index contributed by atoms with van der Waals surface area (Å²) >= 11 is 8.25. The maximum Gasteiger partial charge on any atom is 0.411 e. The maximum absolute atomic E-state index is 15.3. The Balaban J connectivity index is 0.00000254. The Kier molecular flexibility index (Phi) is 18.0. The van der Waals surface area contributed by atoms with Crippen LogP contribution >= 0.6 is 0 Å². The fourth-order valence-electron chi connectivity index (χ4n) is 10.5. The van der Waals surface area contributed by atoms with Gasteiger partial charge in [-0.2, -0.15) is 0 Å². The number of ketones is 1. The molecular weight excluding hydrogens is 993 g/mol. The fourth-order valence-corrected chi connectivity index (χ4v) is 10.5. The minimum absolute atomic E-state index is 0.0544. The first kappa shape index (κ1) is 55.6. The smallest absolute Gasteiger partial charge is 0.411 e. The molecule has 2 bridgehead atoms. The Morgan fingerprint density at radius 1 is 1.11 bits per heavy atom. The Bertz CT molecular complexity index is 2860. The van der Waals surface area contributed by atoms with Crippen LogP contribution in [0, 0.1) is 47.4 Å². The number of allylic oxidation sites excluding steroid dienone is 3. The summed E-state index contributed by atoms with van der Waals surface area (Å²) in [6.45, 7) is 19.4. The highest BCUT2D eigenvalue weighted by Crippen LogP contribution is 2.53. The van der Waals surface area contributed by atoms with E-state index in [2.05, 4.69) is 67.9 Å². The number of nitrogens with zero attached hydrogens (tertiary/aromatic N) is 2. The van der Waals surface area contributed by atoms with Crippen molar-refractivity contribution < 1.29 is 57.4 Å². The molecule has 3 aliphatic heterocycles. The summed E-state index contributed by atoms with van der Waals surface area (Å²) in [4.78, 5) is 51.6. The zero-order valence-corrected chi connectivity index (χ0v) is 45.1. The lowest BCUT2D eigenvalue weighted by atomic mass is 9.66. The second kappa shape index (κ2) is 23.6. The third-order valence-electron chi connectivity index (χ3n) is 14.2. The molecule has 2 aliphatic carbocycles. The number of nitrogens with one attached hydrogen (secondary N) is 2. The number of aliphatic hydroxyl groups excluding tert-OH is 1. The summed E-state index contributed by atoms with van der Waals surface area (Å²) in [6, 6.07) is 7.26. The number of H-pyrrole nitrogens is 1. The number of aryl methyl sites for hydroxylation is 1. The monoisotopic (exact) mass is 1060 g/mol. The van der Waals surface area contributed by atoms with Crippen LogP contribution < -0.4 is 5.32 Å². The van der Waals surface area contributed by atoms with Gasteiger partial charge in [0.2, 0.25) is 5.79 Å². The molecule has 1 aromatic carbocycles. The number of aromatic nitrogens is 2. The van der Waals surface area contributed by atoms with Crippen molar-refractivity contribution in [1.29, 1.82) is 0 Å². The minimum Gasteiger partial charge on any atom is -0.453 e. The zero-order chi connectivity index (χ0) is 52.8. The van der Waals surface area contributed by atoms with Gasteiger partial charge in [-0.15, -0.1) is 0 Å². The molecule has 2 aromatic heterocycles. The van der Waals surface area contributed by atoms with Gasteiger partial charge in [-0.25, -0.2) is 9.59 Å². The van der Waals surface area contributed by atoms with Crippen molar-refractivity contribution in [2.24, 2.45) is 16.7 Å². The number of rotatable bonds is 12. The lowest BCUT2D eigenvalue weighted by Gasteiger charge is -2.51. The number of hydrogen-bond donors (Lipinski definition) is 3. The van der Waals surface area contributed by atoms with E-state index < -0.39 is 71.6 Å². The van der Waals surface area contributed by atoms with Crippen molar-refractivity contribution in [1.82, 2.24) is 20.2 Å². The van der Waals surface area contributed by atoms with Crippen LogP contribution in [0.25, 0.3) is 21.8 Å². The Morgan fingerprint density at radius 3 is 2.51 bits per heavy atom. The number of ether oxygens (including phenoxy) is 8. The highest BCUT2D eigenvalue weighted by atomic mass is 33.1. The number of amides is 2. The second-order valence-corrected chi connectivity index (χ2v) is 21.1. The molecule has 3 N–H and O–H groups in total. The largest absolute Gasteiger partial charge is 0.453 e. The molecule has 5 aliphatic rings. The van der Waals surface area contributed by atoms with E-state index in [1.165, 1.54) is 13.2 Å². The van der Waals surface area contributed by atoms with E-state index in [0.29, 0.717) is 23.1 Å². The Labute approximate surface area is 439 Å². The van der Waals surface area contributed by atoms with Crippen molar-refractivity contribution in [2.45, 2.75) is 130 Å². The first-order valence-corrected chi connectivity index (χ1v) is 27.0. The van der Waals surface area contributed by atoms with Crippen LogP contribution in [-0.2, 0) is 69.2 Å². The van der Waals surface area contributed by atoms with Gasteiger partial charge in [-0.1, -0.05) is 67.9 Å². The van der Waals surface area contributed by atoms with E-state index in [4.69, 9.17) is 37.9 Å². The summed E-state index contributed by atoms with van der Waals surface area (Å²) in [5.41, 5.74) is 1.27. The van der Waals surface area contributed by atoms with Crippen molar-refractivity contribution >= 4 is 71.0 Å². The zero-order valence-electron chi connectivity index (χ0n) is 42.6. The number of benzene rings is 1. The van der Waals surface area contributed by atoms with E-state index in [9.17, 15) is 14.7 Å².